The minimum atomic E-state index is -4.00. The summed E-state index contributed by atoms with van der Waals surface area (Å²) in [4.78, 5) is 12.0. The van der Waals surface area contributed by atoms with Crippen molar-refractivity contribution < 1.29 is 22.3 Å². The topological polar surface area (TPSA) is 75.7 Å². The fraction of sp³-hybridized carbons (Fsp3) is 0.316. The molecule has 1 heterocycles. The quantitative estimate of drug-likeness (QED) is 0.786. The molecule has 150 valence electrons. The average Bonchev–Trinajstić information content (AvgIpc) is 2.69. The maximum absolute atomic E-state index is 14.3. The lowest BCUT2D eigenvalue weighted by atomic mass is 10.2. The average molecular weight is 427 g/mol. The van der Waals surface area contributed by atoms with Gasteiger partial charge in [0.1, 0.15) is 16.5 Å². The van der Waals surface area contributed by atoms with Crippen molar-refractivity contribution in [3.05, 3.63) is 52.8 Å². The summed E-state index contributed by atoms with van der Waals surface area (Å²) in [7, 11) is -2.52. The first kappa shape index (κ1) is 20.6. The lowest BCUT2D eigenvalue weighted by Crippen LogP contribution is -2.36. The third-order valence-electron chi connectivity index (χ3n) is 4.54. The molecule has 0 bridgehead atoms. The molecule has 28 heavy (non-hydrogen) atoms. The number of hydrogen-bond acceptors (Lipinski definition) is 4. The Labute approximate surface area is 168 Å². The first-order valence-corrected chi connectivity index (χ1v) is 10.6. The summed E-state index contributed by atoms with van der Waals surface area (Å²) < 4.78 is 46.2. The smallest absolute Gasteiger partial charge is 0.255 e. The maximum atomic E-state index is 14.3. The Hall–Kier alpha value is -2.16. The van der Waals surface area contributed by atoms with Crippen molar-refractivity contribution in [2.45, 2.75) is 24.2 Å². The number of nitrogens with one attached hydrogen (secondary N) is 1. The molecule has 3 rings (SSSR count). The van der Waals surface area contributed by atoms with Crippen LogP contribution in [0.5, 0.6) is 5.75 Å². The number of amides is 1. The van der Waals surface area contributed by atoms with Crippen molar-refractivity contribution in [1.82, 2.24) is 4.31 Å². The molecule has 1 aliphatic rings. The van der Waals surface area contributed by atoms with Gasteiger partial charge in [-0.3, -0.25) is 4.79 Å². The number of ether oxygens (including phenoxy) is 1. The van der Waals surface area contributed by atoms with Gasteiger partial charge < -0.3 is 10.1 Å². The maximum Gasteiger partial charge on any atom is 0.255 e. The molecule has 0 aromatic heterocycles. The summed E-state index contributed by atoms with van der Waals surface area (Å²) in [5.74, 6) is -0.998. The van der Waals surface area contributed by atoms with Gasteiger partial charge in [-0.25, -0.2) is 12.8 Å². The van der Waals surface area contributed by atoms with Gasteiger partial charge in [0.05, 0.1) is 12.1 Å². The molecule has 0 spiro atoms. The highest BCUT2D eigenvalue weighted by Gasteiger charge is 2.29. The summed E-state index contributed by atoms with van der Waals surface area (Å²) in [6, 6.07) is 8.00. The molecule has 0 atom stereocenters. The number of halogens is 2. The number of piperidine rings is 1. The molecule has 1 N–H and O–H groups in total. The second kappa shape index (κ2) is 8.46. The van der Waals surface area contributed by atoms with Crippen LogP contribution in [-0.4, -0.2) is 38.8 Å². The molecule has 1 amide bonds. The van der Waals surface area contributed by atoms with Crippen LogP contribution in [0.3, 0.4) is 0 Å². The second-order valence-corrected chi connectivity index (χ2v) is 8.73. The molecule has 9 heteroatoms. The van der Waals surface area contributed by atoms with Gasteiger partial charge in [0.2, 0.25) is 10.0 Å². The number of carbonyl (C=O) groups excluding carboxylic acids is 1. The number of anilines is 1. The molecule has 1 aliphatic heterocycles. The molecular formula is C19H20ClFN2O4S. The van der Waals surface area contributed by atoms with E-state index in [0.29, 0.717) is 29.5 Å². The zero-order valence-corrected chi connectivity index (χ0v) is 16.8. The molecular weight excluding hydrogens is 407 g/mol. The van der Waals surface area contributed by atoms with Gasteiger partial charge in [0.25, 0.3) is 5.91 Å². The van der Waals surface area contributed by atoms with Crippen LogP contribution in [0.15, 0.2) is 41.3 Å². The molecule has 0 saturated carbocycles. The molecule has 0 unspecified atom stereocenters. The molecule has 1 saturated heterocycles. The van der Waals surface area contributed by atoms with Gasteiger partial charge in [-0.05, 0) is 49.2 Å². The second-order valence-electron chi connectivity index (χ2n) is 6.41. The van der Waals surface area contributed by atoms with Gasteiger partial charge in [-0.1, -0.05) is 18.0 Å². The van der Waals surface area contributed by atoms with Gasteiger partial charge in [0, 0.05) is 24.3 Å². The fourth-order valence-corrected chi connectivity index (χ4v) is 4.90. The van der Waals surface area contributed by atoms with Gasteiger partial charge >= 0.3 is 0 Å². The van der Waals surface area contributed by atoms with Crippen LogP contribution in [0.4, 0.5) is 10.1 Å². The van der Waals surface area contributed by atoms with Crippen molar-refractivity contribution in [2.24, 2.45) is 0 Å². The largest absolute Gasteiger partial charge is 0.495 e. The Balaban J connectivity index is 1.86. The van der Waals surface area contributed by atoms with E-state index in [9.17, 15) is 17.6 Å². The van der Waals surface area contributed by atoms with Crippen molar-refractivity contribution in [2.75, 3.05) is 25.5 Å². The monoisotopic (exact) mass is 426 g/mol. The number of hydrogen-bond donors (Lipinski definition) is 1. The Morgan fingerprint density at radius 2 is 1.86 bits per heavy atom. The van der Waals surface area contributed by atoms with Crippen LogP contribution in [0.25, 0.3) is 0 Å². The minimum Gasteiger partial charge on any atom is -0.495 e. The van der Waals surface area contributed by atoms with E-state index in [4.69, 9.17) is 16.3 Å². The molecule has 2 aromatic carbocycles. The first-order valence-electron chi connectivity index (χ1n) is 8.77. The van der Waals surface area contributed by atoms with Crippen molar-refractivity contribution in [3.8, 4) is 5.75 Å². The number of methoxy groups -OCH3 is 1. The van der Waals surface area contributed by atoms with Gasteiger partial charge in [-0.2, -0.15) is 4.31 Å². The van der Waals surface area contributed by atoms with E-state index in [0.717, 1.165) is 31.4 Å². The van der Waals surface area contributed by atoms with Crippen LogP contribution in [0.2, 0.25) is 5.02 Å². The number of carbonyl (C=O) groups is 1. The van der Waals surface area contributed by atoms with Crippen molar-refractivity contribution >= 4 is 33.2 Å². The van der Waals surface area contributed by atoms with E-state index in [1.807, 2.05) is 0 Å². The lowest BCUT2D eigenvalue weighted by molar-refractivity contribution is 0.102. The van der Waals surface area contributed by atoms with E-state index in [1.54, 1.807) is 12.1 Å². The standard InChI is InChI=1S/C19H20ClFN2O4S/c1-27-17-8-6-14(12-15(17)20)22-19(24)13-5-7-16(21)18(11-13)28(25,26)23-9-3-2-4-10-23/h5-8,11-12H,2-4,9-10H2,1H3,(H,22,24). The number of nitrogens with zero attached hydrogens (tertiary/aromatic N) is 1. The van der Waals surface area contributed by atoms with E-state index >= 15 is 0 Å². The summed E-state index contributed by atoms with van der Waals surface area (Å²) in [5.41, 5.74) is 0.435. The Morgan fingerprint density at radius 3 is 2.50 bits per heavy atom. The van der Waals surface area contributed by atoms with Crippen LogP contribution in [0, 0.1) is 5.82 Å². The molecule has 2 aromatic rings. The van der Waals surface area contributed by atoms with Crippen molar-refractivity contribution in [1.29, 1.82) is 0 Å². The third kappa shape index (κ3) is 4.29. The van der Waals surface area contributed by atoms with E-state index < -0.39 is 26.6 Å². The number of rotatable bonds is 5. The Morgan fingerprint density at radius 1 is 1.14 bits per heavy atom. The fourth-order valence-electron chi connectivity index (χ4n) is 3.03. The van der Waals surface area contributed by atoms with Crippen LogP contribution < -0.4 is 10.1 Å². The normalized spacial score (nSPS) is 15.2. The summed E-state index contributed by atoms with van der Waals surface area (Å²) >= 11 is 6.04. The number of benzene rings is 2. The summed E-state index contributed by atoms with van der Waals surface area (Å²) in [6.07, 6.45) is 2.42. The van der Waals surface area contributed by atoms with E-state index in [1.165, 1.54) is 23.5 Å². The first-order chi connectivity index (χ1) is 13.3. The van der Waals surface area contributed by atoms with Crippen LogP contribution >= 0.6 is 11.6 Å². The molecule has 6 nitrogen and oxygen atoms in total. The molecule has 0 aliphatic carbocycles. The van der Waals surface area contributed by atoms with Gasteiger partial charge in [-0.15, -0.1) is 0 Å². The third-order valence-corrected chi connectivity index (χ3v) is 6.74. The highest BCUT2D eigenvalue weighted by atomic mass is 35.5. The minimum absolute atomic E-state index is 0.0314. The zero-order valence-electron chi connectivity index (χ0n) is 15.2. The zero-order chi connectivity index (χ0) is 20.3. The Bertz CT molecular complexity index is 991. The highest BCUT2D eigenvalue weighted by molar-refractivity contribution is 7.89. The highest BCUT2D eigenvalue weighted by Crippen LogP contribution is 2.28. The van der Waals surface area contributed by atoms with Crippen molar-refractivity contribution in [3.63, 3.8) is 0 Å². The van der Waals surface area contributed by atoms with E-state index in [-0.39, 0.29) is 5.56 Å². The molecule has 0 radical (unpaired) electrons. The summed E-state index contributed by atoms with van der Waals surface area (Å²) in [6.45, 7) is 0.699. The Kier molecular flexibility index (Phi) is 6.22. The van der Waals surface area contributed by atoms with Crippen LogP contribution in [0.1, 0.15) is 29.6 Å². The predicted octanol–water partition coefficient (Wildman–Crippen LogP) is 3.91. The molecule has 1 fully saturated rings. The van der Waals surface area contributed by atoms with E-state index in [2.05, 4.69) is 5.32 Å². The SMILES string of the molecule is COc1ccc(NC(=O)c2ccc(F)c(S(=O)(=O)N3CCCCC3)c2)cc1Cl. The van der Waals surface area contributed by atoms with Gasteiger partial charge in [0.15, 0.2) is 0 Å². The van der Waals surface area contributed by atoms with Crippen LogP contribution in [-0.2, 0) is 10.0 Å². The lowest BCUT2D eigenvalue weighted by Gasteiger charge is -2.26. The summed E-state index contributed by atoms with van der Waals surface area (Å²) in [5, 5.41) is 2.93. The number of sulfonamides is 1. The predicted molar refractivity (Wildman–Crippen MR) is 105 cm³/mol.